The molecule has 1 aliphatic rings. The molecule has 0 radical (unpaired) electrons. The van der Waals surface area contributed by atoms with Crippen molar-refractivity contribution in [2.45, 2.75) is 53.4 Å². The van der Waals surface area contributed by atoms with E-state index in [-0.39, 0.29) is 6.40 Å². The Morgan fingerprint density at radius 2 is 1.67 bits per heavy atom. The summed E-state index contributed by atoms with van der Waals surface area (Å²) in [5.74, 6) is 2.94. The van der Waals surface area contributed by atoms with E-state index in [9.17, 15) is 0 Å². The van der Waals surface area contributed by atoms with Crippen LogP contribution in [0, 0.1) is 23.7 Å². The lowest BCUT2D eigenvalue weighted by Crippen LogP contribution is -2.14. The van der Waals surface area contributed by atoms with E-state index < -0.39 is 0 Å². The second-order valence-corrected chi connectivity index (χ2v) is 4.27. The molecule has 5 unspecified atom stereocenters. The molecule has 72 valence electrons. The first kappa shape index (κ1) is 8.59. The van der Waals surface area contributed by atoms with Crippen molar-refractivity contribution in [3.8, 4) is 0 Å². The molecule has 0 aromatic carbocycles. The van der Waals surface area contributed by atoms with Crippen molar-refractivity contribution in [1.82, 2.24) is 0 Å². The van der Waals surface area contributed by atoms with E-state index in [0.717, 1.165) is 11.8 Å². The zero-order chi connectivity index (χ0) is 10.0. The molecule has 0 aromatic heterocycles. The van der Waals surface area contributed by atoms with Crippen LogP contribution in [0.5, 0.6) is 0 Å². The normalized spacial score (nSPS) is 49.3. The zero-order valence-corrected chi connectivity index (χ0v) is 9.01. The molecule has 0 aliphatic heterocycles. The Morgan fingerprint density at radius 1 is 1.08 bits per heavy atom. The van der Waals surface area contributed by atoms with Crippen molar-refractivity contribution < 1.29 is 1.37 Å². The predicted molar refractivity (Wildman–Crippen MR) is 55.1 cm³/mol. The molecule has 0 aromatic rings. The van der Waals surface area contributed by atoms with Gasteiger partial charge in [-0.25, -0.2) is 0 Å². The Morgan fingerprint density at radius 3 is 2.08 bits per heavy atom. The van der Waals surface area contributed by atoms with Crippen molar-refractivity contribution in [3.63, 3.8) is 0 Å². The standard InChI is InChI=1S/C12H24/c1-5-10-8-9(4)11(6-2)12(10)7-3/h9-12H,5-8H2,1-4H3/i8D. The van der Waals surface area contributed by atoms with Gasteiger partial charge in [0.15, 0.2) is 0 Å². The van der Waals surface area contributed by atoms with Gasteiger partial charge in [-0.15, -0.1) is 0 Å². The molecule has 1 saturated carbocycles. The van der Waals surface area contributed by atoms with Crippen molar-refractivity contribution in [2.75, 3.05) is 0 Å². The molecule has 1 fully saturated rings. The van der Waals surface area contributed by atoms with Crippen molar-refractivity contribution in [2.24, 2.45) is 23.7 Å². The maximum atomic E-state index is 8.16. The van der Waals surface area contributed by atoms with Gasteiger partial charge >= 0.3 is 0 Å². The fourth-order valence-electron chi connectivity index (χ4n) is 3.10. The quantitative estimate of drug-likeness (QED) is 0.596. The number of hydrogen-bond acceptors (Lipinski definition) is 0. The van der Waals surface area contributed by atoms with Crippen molar-refractivity contribution in [3.05, 3.63) is 0 Å². The SMILES string of the molecule is [2H]C1C(C)C(CC)C(CC)C1CC. The lowest BCUT2D eigenvalue weighted by molar-refractivity contribution is 0.270. The summed E-state index contributed by atoms with van der Waals surface area (Å²) in [5, 5.41) is 0. The lowest BCUT2D eigenvalue weighted by Gasteiger charge is -2.22. The highest BCUT2D eigenvalue weighted by atomic mass is 14.4. The summed E-state index contributed by atoms with van der Waals surface area (Å²) in [5.41, 5.74) is 0. The molecule has 0 amide bonds. The van der Waals surface area contributed by atoms with Crippen LogP contribution in [0.15, 0.2) is 0 Å². The van der Waals surface area contributed by atoms with E-state index in [1.165, 1.54) is 19.3 Å². The summed E-state index contributed by atoms with van der Waals surface area (Å²) in [6.45, 7) is 9.11. The fourth-order valence-corrected chi connectivity index (χ4v) is 3.10. The van der Waals surface area contributed by atoms with Crippen molar-refractivity contribution >= 4 is 0 Å². The Hall–Kier alpha value is 0. The smallest absolute Gasteiger partial charge is 0.0272 e. The third-order valence-corrected chi connectivity index (χ3v) is 3.74. The van der Waals surface area contributed by atoms with E-state index in [2.05, 4.69) is 27.7 Å². The second-order valence-electron chi connectivity index (χ2n) is 4.27. The fraction of sp³-hybridized carbons (Fsp3) is 1.00. The molecular weight excluding hydrogens is 144 g/mol. The van der Waals surface area contributed by atoms with E-state index in [1.54, 1.807) is 0 Å². The van der Waals surface area contributed by atoms with Gasteiger partial charge in [-0.2, -0.15) is 0 Å². The Balaban J connectivity index is 2.76. The Labute approximate surface area is 79.2 Å². The van der Waals surface area contributed by atoms with E-state index in [1.807, 2.05) is 0 Å². The van der Waals surface area contributed by atoms with Gasteiger partial charge in [0.1, 0.15) is 0 Å². The molecule has 1 aliphatic carbocycles. The van der Waals surface area contributed by atoms with Crippen LogP contribution < -0.4 is 0 Å². The average Bonchev–Trinajstić information content (AvgIpc) is 2.38. The van der Waals surface area contributed by atoms with E-state index in [0.29, 0.717) is 11.8 Å². The van der Waals surface area contributed by atoms with Crippen LogP contribution >= 0.6 is 0 Å². The highest BCUT2D eigenvalue weighted by Gasteiger charge is 2.37. The highest BCUT2D eigenvalue weighted by molar-refractivity contribution is 4.86. The number of hydrogen-bond donors (Lipinski definition) is 0. The first-order valence-electron chi connectivity index (χ1n) is 6.17. The van der Waals surface area contributed by atoms with Gasteiger partial charge in [0.05, 0.1) is 0 Å². The third-order valence-electron chi connectivity index (χ3n) is 3.74. The van der Waals surface area contributed by atoms with E-state index in [4.69, 9.17) is 1.37 Å². The maximum Gasteiger partial charge on any atom is 0.0272 e. The molecule has 0 spiro atoms. The van der Waals surface area contributed by atoms with Gasteiger partial charge in [0.25, 0.3) is 0 Å². The molecule has 0 nitrogen and oxygen atoms in total. The van der Waals surface area contributed by atoms with Gasteiger partial charge < -0.3 is 0 Å². The minimum absolute atomic E-state index is 0.208. The summed E-state index contributed by atoms with van der Waals surface area (Å²) in [7, 11) is 0. The summed E-state index contributed by atoms with van der Waals surface area (Å²) >= 11 is 0. The van der Waals surface area contributed by atoms with Crippen LogP contribution in [0.4, 0.5) is 0 Å². The topological polar surface area (TPSA) is 0 Å². The molecule has 0 heteroatoms. The summed E-state index contributed by atoms with van der Waals surface area (Å²) in [6, 6.07) is 0. The summed E-state index contributed by atoms with van der Waals surface area (Å²) in [6.07, 6.45) is 3.95. The molecule has 0 heterocycles. The molecular formula is C12H24. The largest absolute Gasteiger partial charge is 0.0651 e. The summed E-state index contributed by atoms with van der Waals surface area (Å²) in [4.78, 5) is 0. The predicted octanol–water partition coefficient (Wildman–Crippen LogP) is 4.10. The van der Waals surface area contributed by atoms with Crippen LogP contribution in [0.1, 0.15) is 54.7 Å². The monoisotopic (exact) mass is 169 g/mol. The second kappa shape index (κ2) is 4.30. The summed E-state index contributed by atoms with van der Waals surface area (Å²) < 4.78 is 8.16. The van der Waals surface area contributed by atoms with Gasteiger partial charge in [0, 0.05) is 1.37 Å². The van der Waals surface area contributed by atoms with Crippen molar-refractivity contribution in [1.29, 1.82) is 0 Å². The van der Waals surface area contributed by atoms with Crippen LogP contribution in [0.2, 0.25) is 0 Å². The van der Waals surface area contributed by atoms with Crippen LogP contribution in [0.25, 0.3) is 0 Å². The number of rotatable bonds is 3. The Kier molecular flexibility index (Phi) is 3.08. The van der Waals surface area contributed by atoms with Gasteiger partial charge in [-0.1, -0.05) is 47.0 Å². The molecule has 5 atom stereocenters. The first-order valence-corrected chi connectivity index (χ1v) is 5.59. The first-order chi connectivity index (χ1) is 6.17. The Bertz CT molecular complexity index is 139. The molecule has 1 rings (SSSR count). The third kappa shape index (κ3) is 1.67. The van der Waals surface area contributed by atoms with Crippen LogP contribution in [-0.4, -0.2) is 0 Å². The van der Waals surface area contributed by atoms with Crippen LogP contribution in [0.3, 0.4) is 0 Å². The minimum atomic E-state index is 0.208. The van der Waals surface area contributed by atoms with Gasteiger partial charge in [-0.05, 0) is 30.1 Å². The zero-order valence-electron chi connectivity index (χ0n) is 10.0. The lowest BCUT2D eigenvalue weighted by atomic mass is 9.83. The molecule has 0 bridgehead atoms. The average molecular weight is 169 g/mol. The maximum absolute atomic E-state index is 8.16. The van der Waals surface area contributed by atoms with Gasteiger partial charge in [0.2, 0.25) is 0 Å². The van der Waals surface area contributed by atoms with Gasteiger partial charge in [-0.3, -0.25) is 0 Å². The van der Waals surface area contributed by atoms with Crippen LogP contribution in [-0.2, 0) is 0 Å². The minimum Gasteiger partial charge on any atom is -0.0651 e. The molecule has 12 heavy (non-hydrogen) atoms. The highest BCUT2D eigenvalue weighted by Crippen LogP contribution is 2.45. The van der Waals surface area contributed by atoms with E-state index >= 15 is 0 Å². The molecule has 0 N–H and O–H groups in total. The molecule has 0 saturated heterocycles.